The van der Waals surface area contributed by atoms with E-state index in [4.69, 9.17) is 16.3 Å². The monoisotopic (exact) mass is 445 g/mol. The highest BCUT2D eigenvalue weighted by atomic mass is 79.9. The van der Waals surface area contributed by atoms with Gasteiger partial charge in [-0.15, -0.1) is 0 Å². The number of alkyl carbamates (subject to hydrolysis) is 1. The van der Waals surface area contributed by atoms with Crippen molar-refractivity contribution in [1.29, 1.82) is 0 Å². The third kappa shape index (κ3) is 5.95. The van der Waals surface area contributed by atoms with Crippen LogP contribution in [-0.2, 0) is 11.3 Å². The van der Waals surface area contributed by atoms with Crippen LogP contribution in [-0.4, -0.2) is 29.0 Å². The molecule has 2 aromatic carbocycles. The zero-order valence-electron chi connectivity index (χ0n) is 13.7. The van der Waals surface area contributed by atoms with Gasteiger partial charge in [-0.3, -0.25) is 0 Å². The number of aliphatic hydroxyl groups is 2. The molecule has 0 saturated carbocycles. The van der Waals surface area contributed by atoms with Gasteiger partial charge in [-0.1, -0.05) is 57.9 Å². The Morgan fingerprint density at radius 3 is 2.62 bits per heavy atom. The molecule has 2 atom stereocenters. The molecule has 2 rings (SSSR count). The predicted octanol–water partition coefficient (Wildman–Crippen LogP) is 3.95. The summed E-state index contributed by atoms with van der Waals surface area (Å²) < 4.78 is 19.2. The largest absolute Gasteiger partial charge is 0.445 e. The molecule has 1 amide bonds. The number of carbonyl (C=O) groups excluding carboxylic acids is 1. The highest BCUT2D eigenvalue weighted by molar-refractivity contribution is 9.10. The SMILES string of the molecule is O=C(NCCC(O)C(O)c1c(F)cc(Cl)cc1Br)OCc1ccccc1. The fourth-order valence-electron chi connectivity index (χ4n) is 2.28. The number of benzene rings is 2. The number of rotatable bonds is 7. The van der Waals surface area contributed by atoms with Gasteiger partial charge >= 0.3 is 6.09 Å². The third-order valence-corrected chi connectivity index (χ3v) is 4.50. The molecule has 26 heavy (non-hydrogen) atoms. The van der Waals surface area contributed by atoms with Gasteiger partial charge in [-0.05, 0) is 24.1 Å². The van der Waals surface area contributed by atoms with Crippen molar-refractivity contribution in [2.75, 3.05) is 6.54 Å². The van der Waals surface area contributed by atoms with E-state index in [2.05, 4.69) is 21.2 Å². The fraction of sp³-hybridized carbons (Fsp3) is 0.278. The maximum atomic E-state index is 14.0. The number of hydrogen-bond acceptors (Lipinski definition) is 4. The lowest BCUT2D eigenvalue weighted by Crippen LogP contribution is -2.30. The minimum absolute atomic E-state index is 0.0100. The van der Waals surface area contributed by atoms with Crippen LogP contribution in [0.5, 0.6) is 0 Å². The first kappa shape index (κ1) is 20.6. The summed E-state index contributed by atoms with van der Waals surface area (Å²) in [5.74, 6) is -0.730. The maximum absolute atomic E-state index is 14.0. The first-order valence-corrected chi connectivity index (χ1v) is 9.00. The Hall–Kier alpha value is -1.67. The highest BCUT2D eigenvalue weighted by Crippen LogP contribution is 2.32. The number of nitrogens with one attached hydrogen (secondary N) is 1. The van der Waals surface area contributed by atoms with Crippen LogP contribution < -0.4 is 5.32 Å². The van der Waals surface area contributed by atoms with Crippen LogP contribution in [0, 0.1) is 5.82 Å². The van der Waals surface area contributed by atoms with Crippen molar-refractivity contribution >= 4 is 33.6 Å². The van der Waals surface area contributed by atoms with E-state index in [1.54, 1.807) is 0 Å². The van der Waals surface area contributed by atoms with Crippen molar-refractivity contribution < 1.29 is 24.1 Å². The molecule has 140 valence electrons. The second-order valence-corrected chi connectivity index (χ2v) is 6.86. The molecular weight excluding hydrogens is 429 g/mol. The Bertz CT molecular complexity index is 724. The van der Waals surface area contributed by atoms with Gasteiger partial charge in [0.2, 0.25) is 0 Å². The van der Waals surface area contributed by atoms with Gasteiger partial charge < -0.3 is 20.3 Å². The quantitative estimate of drug-likeness (QED) is 0.602. The minimum atomic E-state index is -1.47. The zero-order chi connectivity index (χ0) is 19.1. The van der Waals surface area contributed by atoms with Crippen LogP contribution in [0.4, 0.5) is 9.18 Å². The van der Waals surface area contributed by atoms with Crippen molar-refractivity contribution in [3.63, 3.8) is 0 Å². The second kappa shape index (κ2) is 9.87. The lowest BCUT2D eigenvalue weighted by molar-refractivity contribution is 0.0112. The molecule has 2 unspecified atom stereocenters. The van der Waals surface area contributed by atoms with Gasteiger partial charge in [0.15, 0.2) is 0 Å². The van der Waals surface area contributed by atoms with Crippen LogP contribution in [0.15, 0.2) is 46.9 Å². The molecule has 0 bridgehead atoms. The molecular formula is C18H18BrClFNO4. The molecule has 0 aliphatic carbocycles. The lowest BCUT2D eigenvalue weighted by Gasteiger charge is -2.20. The molecule has 0 fully saturated rings. The molecule has 0 aromatic heterocycles. The Labute approximate surface area is 163 Å². The summed E-state index contributed by atoms with van der Waals surface area (Å²) in [6, 6.07) is 11.7. The van der Waals surface area contributed by atoms with Gasteiger partial charge in [0.1, 0.15) is 18.5 Å². The first-order chi connectivity index (χ1) is 12.4. The van der Waals surface area contributed by atoms with E-state index in [0.29, 0.717) is 0 Å². The molecule has 2 aromatic rings. The van der Waals surface area contributed by atoms with Crippen molar-refractivity contribution in [2.24, 2.45) is 0 Å². The summed E-state index contributed by atoms with van der Waals surface area (Å²) >= 11 is 8.84. The summed E-state index contributed by atoms with van der Waals surface area (Å²) in [5.41, 5.74) is 0.759. The standard InChI is InChI=1S/C18H18BrClFNO4/c19-13-8-12(20)9-14(21)16(13)17(24)15(23)6-7-22-18(25)26-10-11-4-2-1-3-5-11/h1-5,8-9,15,17,23-24H,6-7,10H2,(H,22,25). The average Bonchev–Trinajstić information content (AvgIpc) is 2.59. The predicted molar refractivity (Wildman–Crippen MR) is 99.3 cm³/mol. The summed E-state index contributed by atoms with van der Waals surface area (Å²) in [4.78, 5) is 11.6. The Kier molecular flexibility index (Phi) is 7.84. The number of hydrogen-bond donors (Lipinski definition) is 3. The smallest absolute Gasteiger partial charge is 0.407 e. The van der Waals surface area contributed by atoms with Crippen LogP contribution in [0.25, 0.3) is 0 Å². The van der Waals surface area contributed by atoms with E-state index in [1.807, 2.05) is 30.3 Å². The number of aliphatic hydroxyl groups excluding tert-OH is 2. The normalized spacial score (nSPS) is 13.1. The molecule has 3 N–H and O–H groups in total. The molecule has 0 aliphatic rings. The third-order valence-electron chi connectivity index (χ3n) is 3.63. The van der Waals surface area contributed by atoms with E-state index in [9.17, 15) is 19.4 Å². The summed E-state index contributed by atoms with van der Waals surface area (Å²) in [6.07, 6.45) is -3.38. The lowest BCUT2D eigenvalue weighted by atomic mass is 10.0. The maximum Gasteiger partial charge on any atom is 0.407 e. The van der Waals surface area contributed by atoms with E-state index >= 15 is 0 Å². The second-order valence-electron chi connectivity index (χ2n) is 5.57. The van der Waals surface area contributed by atoms with Crippen molar-refractivity contribution in [3.05, 3.63) is 68.9 Å². The summed E-state index contributed by atoms with van der Waals surface area (Å²) in [5, 5.41) is 22.8. The van der Waals surface area contributed by atoms with E-state index in [-0.39, 0.29) is 34.6 Å². The average molecular weight is 447 g/mol. The van der Waals surface area contributed by atoms with Gasteiger partial charge in [-0.25, -0.2) is 9.18 Å². The molecule has 5 nitrogen and oxygen atoms in total. The van der Waals surface area contributed by atoms with Gasteiger partial charge in [0.25, 0.3) is 0 Å². The van der Waals surface area contributed by atoms with E-state index < -0.39 is 24.1 Å². The van der Waals surface area contributed by atoms with Crippen LogP contribution in [0.2, 0.25) is 5.02 Å². The number of amides is 1. The molecule has 0 aliphatic heterocycles. The minimum Gasteiger partial charge on any atom is -0.445 e. The first-order valence-electron chi connectivity index (χ1n) is 7.83. The molecule has 0 spiro atoms. The summed E-state index contributed by atoms with van der Waals surface area (Å²) in [7, 11) is 0. The highest BCUT2D eigenvalue weighted by Gasteiger charge is 2.24. The Morgan fingerprint density at radius 1 is 1.27 bits per heavy atom. The molecule has 8 heteroatoms. The number of ether oxygens (including phenoxy) is 1. The van der Waals surface area contributed by atoms with Crippen LogP contribution in [0.3, 0.4) is 0 Å². The van der Waals surface area contributed by atoms with Crippen molar-refractivity contribution in [2.45, 2.75) is 25.2 Å². The molecule has 0 saturated heterocycles. The number of halogens is 3. The molecule has 0 heterocycles. The molecule has 0 radical (unpaired) electrons. The summed E-state index contributed by atoms with van der Waals surface area (Å²) in [6.45, 7) is 0.180. The Morgan fingerprint density at radius 2 is 1.96 bits per heavy atom. The topological polar surface area (TPSA) is 78.8 Å². The van der Waals surface area contributed by atoms with Gasteiger partial charge in [-0.2, -0.15) is 0 Å². The van der Waals surface area contributed by atoms with Gasteiger partial charge in [0, 0.05) is 21.6 Å². The fourth-order valence-corrected chi connectivity index (χ4v) is 3.29. The number of carbonyl (C=O) groups is 1. The van der Waals surface area contributed by atoms with E-state index in [1.165, 1.54) is 6.07 Å². The van der Waals surface area contributed by atoms with Crippen LogP contribution in [0.1, 0.15) is 23.7 Å². The van der Waals surface area contributed by atoms with Crippen molar-refractivity contribution in [3.8, 4) is 0 Å². The van der Waals surface area contributed by atoms with Gasteiger partial charge in [0.05, 0.1) is 6.10 Å². The van der Waals surface area contributed by atoms with Crippen molar-refractivity contribution in [1.82, 2.24) is 5.32 Å². The zero-order valence-corrected chi connectivity index (χ0v) is 16.0. The van der Waals surface area contributed by atoms with E-state index in [0.717, 1.165) is 11.6 Å². The van der Waals surface area contributed by atoms with Crippen LogP contribution >= 0.6 is 27.5 Å². The Balaban J connectivity index is 1.79.